The zero-order valence-corrected chi connectivity index (χ0v) is 20.1. The van der Waals surface area contributed by atoms with Crippen LogP contribution < -0.4 is 4.74 Å². The van der Waals surface area contributed by atoms with Crippen molar-refractivity contribution >= 4 is 22.6 Å². The van der Waals surface area contributed by atoms with E-state index in [1.807, 2.05) is 30.3 Å². The molecule has 3 aromatic rings. The van der Waals surface area contributed by atoms with Gasteiger partial charge in [-0.2, -0.15) is 0 Å². The molecule has 1 saturated heterocycles. The number of piperidine rings is 1. The van der Waals surface area contributed by atoms with Crippen LogP contribution in [0.5, 0.6) is 11.5 Å². The topological polar surface area (TPSA) is 70.0 Å². The lowest BCUT2D eigenvalue weighted by molar-refractivity contribution is -0.179. The van der Waals surface area contributed by atoms with E-state index in [0.29, 0.717) is 36.5 Å². The molecule has 4 atom stereocenters. The number of carbonyl (C=O) groups is 1. The Morgan fingerprint density at radius 2 is 1.92 bits per heavy atom. The summed E-state index contributed by atoms with van der Waals surface area (Å²) in [6.45, 7) is 1.85. The van der Waals surface area contributed by atoms with E-state index in [4.69, 9.17) is 4.74 Å². The number of benzene rings is 3. The fraction of sp³-hybridized carbons (Fsp3) is 0.387. The van der Waals surface area contributed by atoms with Crippen molar-refractivity contribution in [2.45, 2.75) is 55.3 Å². The predicted octanol–water partition coefficient (Wildman–Crippen LogP) is 4.37. The summed E-state index contributed by atoms with van der Waals surface area (Å²) < 4.78 is 6.33. The normalized spacial score (nSPS) is 33.6. The zero-order valence-electron chi connectivity index (χ0n) is 20.1. The first-order chi connectivity index (χ1) is 17.5. The number of hydrogen-bond acceptors (Lipinski definition) is 5. The molecule has 0 aromatic heterocycles. The van der Waals surface area contributed by atoms with Crippen molar-refractivity contribution in [3.8, 4) is 11.5 Å². The van der Waals surface area contributed by atoms with Crippen molar-refractivity contribution in [2.75, 3.05) is 13.1 Å². The Morgan fingerprint density at radius 1 is 1.08 bits per heavy atom. The number of carbonyl (C=O) groups excluding carboxylic acids is 1. The number of hydrogen-bond donors (Lipinski definition) is 2. The molecule has 2 saturated carbocycles. The van der Waals surface area contributed by atoms with Crippen LogP contribution in [0.15, 0.2) is 60.2 Å². The summed E-state index contributed by atoms with van der Waals surface area (Å²) in [6, 6.07) is 18.0. The Balaban J connectivity index is 1.29. The molecule has 3 fully saturated rings. The lowest BCUT2D eigenvalue weighted by Gasteiger charge is -2.62. The van der Waals surface area contributed by atoms with E-state index >= 15 is 0 Å². The first-order valence-corrected chi connectivity index (χ1v) is 13.2. The van der Waals surface area contributed by atoms with E-state index in [0.717, 1.165) is 40.6 Å². The average molecular weight is 480 g/mol. The second-order valence-corrected chi connectivity index (χ2v) is 11.6. The van der Waals surface area contributed by atoms with Gasteiger partial charge in [0.25, 0.3) is 0 Å². The maximum Gasteiger partial charge on any atom is 0.200 e. The maximum absolute atomic E-state index is 14.0. The van der Waals surface area contributed by atoms with Gasteiger partial charge in [0.2, 0.25) is 0 Å². The summed E-state index contributed by atoms with van der Waals surface area (Å²) in [6.07, 6.45) is 5.34. The summed E-state index contributed by atoms with van der Waals surface area (Å²) in [7, 11) is 0. The average Bonchev–Trinajstić information content (AvgIpc) is 3.62. The quantitative estimate of drug-likeness (QED) is 0.546. The summed E-state index contributed by atoms with van der Waals surface area (Å²) in [5, 5.41) is 25.7. The van der Waals surface area contributed by atoms with Crippen LogP contribution >= 0.6 is 0 Å². The van der Waals surface area contributed by atoms with Crippen molar-refractivity contribution in [1.29, 1.82) is 0 Å². The third-order valence-electron chi connectivity index (χ3n) is 9.64. The van der Waals surface area contributed by atoms with E-state index in [9.17, 15) is 15.0 Å². The van der Waals surface area contributed by atoms with Gasteiger partial charge in [0.05, 0.1) is 11.0 Å². The first-order valence-electron chi connectivity index (χ1n) is 13.2. The molecule has 5 nitrogen and oxygen atoms in total. The summed E-state index contributed by atoms with van der Waals surface area (Å²) in [5.74, 6) is 1.12. The Bertz CT molecular complexity index is 1490. The third-order valence-corrected chi connectivity index (χ3v) is 9.64. The van der Waals surface area contributed by atoms with E-state index < -0.39 is 17.1 Å². The second kappa shape index (κ2) is 6.99. The van der Waals surface area contributed by atoms with Crippen molar-refractivity contribution < 1.29 is 19.7 Å². The number of nitrogens with zero attached hydrogens (tertiary/aromatic N) is 1. The highest BCUT2D eigenvalue weighted by molar-refractivity contribution is 6.06. The molecule has 3 aliphatic carbocycles. The lowest BCUT2D eigenvalue weighted by atomic mass is 9.48. The Hall–Kier alpha value is -3.15. The molecule has 5 heteroatoms. The molecular weight excluding hydrogens is 450 g/mol. The predicted molar refractivity (Wildman–Crippen MR) is 137 cm³/mol. The first kappa shape index (κ1) is 21.0. The van der Waals surface area contributed by atoms with Gasteiger partial charge >= 0.3 is 0 Å². The molecule has 3 aromatic carbocycles. The molecule has 2 bridgehead atoms. The Labute approximate surface area is 210 Å². The van der Waals surface area contributed by atoms with E-state index in [1.165, 1.54) is 12.8 Å². The molecule has 5 aliphatic rings. The van der Waals surface area contributed by atoms with Crippen LogP contribution in [0.3, 0.4) is 0 Å². The zero-order chi connectivity index (χ0) is 24.2. The summed E-state index contributed by atoms with van der Waals surface area (Å²) >= 11 is 0. The fourth-order valence-corrected chi connectivity index (χ4v) is 7.81. The summed E-state index contributed by atoms with van der Waals surface area (Å²) in [5.41, 5.74) is 1.62. The van der Waals surface area contributed by atoms with Crippen LogP contribution in [0.1, 0.15) is 42.4 Å². The number of phenolic OH excluding ortho intramolecular Hbond substituents is 1. The van der Waals surface area contributed by atoms with Crippen LogP contribution in [0.2, 0.25) is 0 Å². The fourth-order valence-electron chi connectivity index (χ4n) is 7.81. The van der Waals surface area contributed by atoms with Gasteiger partial charge < -0.3 is 14.9 Å². The molecule has 0 radical (unpaired) electrons. The molecule has 2 heterocycles. The highest BCUT2D eigenvalue weighted by Crippen LogP contribution is 2.65. The van der Waals surface area contributed by atoms with Gasteiger partial charge in [-0.05, 0) is 78.3 Å². The smallest absolute Gasteiger partial charge is 0.200 e. The molecule has 36 heavy (non-hydrogen) atoms. The highest BCUT2D eigenvalue weighted by Gasteiger charge is 2.74. The minimum Gasteiger partial charge on any atom is -0.504 e. The maximum atomic E-state index is 14.0. The lowest BCUT2D eigenvalue weighted by Crippen LogP contribution is -2.77. The van der Waals surface area contributed by atoms with Gasteiger partial charge in [-0.3, -0.25) is 9.69 Å². The molecule has 2 aliphatic heterocycles. The van der Waals surface area contributed by atoms with Crippen molar-refractivity contribution in [1.82, 2.24) is 4.90 Å². The van der Waals surface area contributed by atoms with Crippen LogP contribution in [0.25, 0.3) is 16.8 Å². The standard InChI is InChI=1S/C31H29NO4/c33-24-10-9-22-15-25-31(35)16-23(14-19-7-8-20-3-1-2-4-21(20)13-19)27(34)29-30(31,26(22)28(24)36-29)11-12-32(25)17-18-5-6-18/h1-4,7-10,13-14,18,25,29,33,35H,5-6,11-12,15-17H2/b23-14+/t25-,29+,30+,31-/m1/s1. The van der Waals surface area contributed by atoms with Crippen molar-refractivity contribution in [3.05, 3.63) is 76.9 Å². The van der Waals surface area contributed by atoms with Gasteiger partial charge in [-0.15, -0.1) is 0 Å². The number of phenols is 1. The molecule has 182 valence electrons. The number of Topliss-reactive ketones (excluding diaryl/α,β-unsaturated/α-hetero) is 1. The SMILES string of the molecule is O=C1/C(=C/c2ccc3ccccc3c2)C[C@@]2(O)[C@H]3Cc4ccc(O)c5c4[C@@]2(CCN3CC2CC2)[C@H]1O5. The van der Waals surface area contributed by atoms with E-state index in [1.54, 1.807) is 6.07 Å². The summed E-state index contributed by atoms with van der Waals surface area (Å²) in [4.78, 5) is 16.5. The Morgan fingerprint density at radius 3 is 2.75 bits per heavy atom. The minimum absolute atomic E-state index is 0.0617. The number of rotatable bonds is 3. The highest BCUT2D eigenvalue weighted by atomic mass is 16.5. The minimum atomic E-state index is -1.13. The van der Waals surface area contributed by atoms with E-state index in [-0.39, 0.29) is 17.6 Å². The van der Waals surface area contributed by atoms with Gasteiger partial charge in [0.1, 0.15) is 0 Å². The molecule has 0 unspecified atom stereocenters. The Kier molecular flexibility index (Phi) is 4.07. The van der Waals surface area contributed by atoms with Crippen molar-refractivity contribution in [2.24, 2.45) is 5.92 Å². The van der Waals surface area contributed by atoms with Gasteiger partial charge in [0.15, 0.2) is 23.4 Å². The van der Waals surface area contributed by atoms with Gasteiger partial charge in [0, 0.05) is 30.1 Å². The number of ether oxygens (including phenoxy) is 1. The number of aromatic hydroxyl groups is 1. The van der Waals surface area contributed by atoms with Gasteiger partial charge in [-0.25, -0.2) is 0 Å². The molecule has 2 N–H and O–H groups in total. The number of ketones is 1. The molecule has 1 spiro atoms. The number of aliphatic hydroxyl groups is 1. The van der Waals surface area contributed by atoms with E-state index in [2.05, 4.69) is 29.2 Å². The van der Waals surface area contributed by atoms with Crippen LogP contribution in [-0.4, -0.2) is 51.7 Å². The molecule has 8 rings (SSSR count). The largest absolute Gasteiger partial charge is 0.504 e. The monoisotopic (exact) mass is 479 g/mol. The van der Waals surface area contributed by atoms with Crippen LogP contribution in [-0.2, 0) is 16.6 Å². The number of fused-ring (bicyclic) bond motifs is 1. The molecule has 0 amide bonds. The molecular formula is C31H29NO4. The van der Waals surface area contributed by atoms with Crippen molar-refractivity contribution in [3.63, 3.8) is 0 Å². The number of likely N-dealkylation sites (tertiary alicyclic amines) is 1. The second-order valence-electron chi connectivity index (χ2n) is 11.6. The van der Waals surface area contributed by atoms with Crippen LogP contribution in [0.4, 0.5) is 0 Å². The third kappa shape index (κ3) is 2.60. The van der Waals surface area contributed by atoms with Gasteiger partial charge in [-0.1, -0.05) is 42.5 Å². The van der Waals surface area contributed by atoms with Crippen LogP contribution in [0, 0.1) is 5.92 Å².